The Hall–Kier alpha value is -1.46. The van der Waals surface area contributed by atoms with Crippen LogP contribution in [0.5, 0.6) is 5.75 Å². The van der Waals surface area contributed by atoms with Gasteiger partial charge in [-0.25, -0.2) is 4.79 Å². The second-order valence-electron chi connectivity index (χ2n) is 6.77. The summed E-state index contributed by atoms with van der Waals surface area (Å²) in [6, 6.07) is 4.94. The van der Waals surface area contributed by atoms with Crippen molar-refractivity contribution in [2.75, 3.05) is 18.9 Å². The first-order valence-electron chi connectivity index (χ1n) is 7.95. The van der Waals surface area contributed by atoms with Crippen LogP contribution in [-0.4, -0.2) is 41.3 Å². The third-order valence-corrected chi connectivity index (χ3v) is 4.05. The summed E-state index contributed by atoms with van der Waals surface area (Å²) in [6.45, 7) is 3.54. The Morgan fingerprint density at radius 3 is 2.65 bits per heavy atom. The fraction of sp³-hybridized carbons (Fsp3) is 0.588. The third-order valence-electron chi connectivity index (χ3n) is 3.75. The summed E-state index contributed by atoms with van der Waals surface area (Å²) in [5, 5.41) is 13.0. The summed E-state index contributed by atoms with van der Waals surface area (Å²) < 4.78 is 5.89. The van der Waals surface area contributed by atoms with Crippen LogP contribution in [0, 0.1) is 0 Å². The van der Waals surface area contributed by atoms with E-state index in [9.17, 15) is 9.90 Å². The summed E-state index contributed by atoms with van der Waals surface area (Å²) in [4.78, 5) is 13.5. The van der Waals surface area contributed by atoms with Gasteiger partial charge in [0, 0.05) is 12.7 Å². The maximum Gasteiger partial charge on any atom is 0.321 e. The van der Waals surface area contributed by atoms with Gasteiger partial charge in [-0.15, -0.1) is 0 Å². The highest BCUT2D eigenvalue weighted by Crippen LogP contribution is 2.31. The number of nitrogens with zero attached hydrogens (tertiary/aromatic N) is 1. The van der Waals surface area contributed by atoms with Gasteiger partial charge in [0.25, 0.3) is 0 Å². The van der Waals surface area contributed by atoms with E-state index in [2.05, 4.69) is 5.32 Å². The Morgan fingerprint density at radius 2 is 2.09 bits per heavy atom. The molecule has 1 aromatic carbocycles. The Morgan fingerprint density at radius 1 is 1.43 bits per heavy atom. The average Bonchev–Trinajstić information content (AvgIpc) is 2.93. The molecule has 0 aromatic heterocycles. The van der Waals surface area contributed by atoms with Crippen LogP contribution in [0.1, 0.15) is 39.5 Å². The molecule has 23 heavy (non-hydrogen) atoms. The zero-order chi connectivity index (χ0) is 17.0. The fourth-order valence-electron chi connectivity index (χ4n) is 2.73. The van der Waals surface area contributed by atoms with E-state index in [0.29, 0.717) is 16.5 Å². The van der Waals surface area contributed by atoms with Crippen molar-refractivity contribution in [2.24, 2.45) is 0 Å². The number of benzene rings is 1. The largest absolute Gasteiger partial charge is 0.489 e. The Bertz CT molecular complexity index is 551. The van der Waals surface area contributed by atoms with E-state index in [-0.39, 0.29) is 18.7 Å². The number of amides is 2. The van der Waals surface area contributed by atoms with Crippen molar-refractivity contribution in [2.45, 2.75) is 51.2 Å². The number of ether oxygens (including phenoxy) is 1. The van der Waals surface area contributed by atoms with Crippen molar-refractivity contribution >= 4 is 23.3 Å². The van der Waals surface area contributed by atoms with E-state index < -0.39 is 5.60 Å². The van der Waals surface area contributed by atoms with Crippen LogP contribution >= 0.6 is 11.6 Å². The highest BCUT2D eigenvalue weighted by molar-refractivity contribution is 6.32. The molecule has 0 atom stereocenters. The molecule has 0 radical (unpaired) electrons. The summed E-state index contributed by atoms with van der Waals surface area (Å²) in [5.74, 6) is 0.654. The molecule has 0 spiro atoms. The monoisotopic (exact) mass is 340 g/mol. The first-order chi connectivity index (χ1) is 10.7. The lowest BCUT2D eigenvalue weighted by Crippen LogP contribution is -2.41. The molecule has 1 aromatic rings. The third kappa shape index (κ3) is 5.59. The minimum atomic E-state index is -0.942. The predicted octanol–water partition coefficient (Wildman–Crippen LogP) is 3.90. The number of urea groups is 1. The van der Waals surface area contributed by atoms with Crippen molar-refractivity contribution in [3.05, 3.63) is 23.2 Å². The molecule has 0 unspecified atom stereocenters. The first-order valence-corrected chi connectivity index (χ1v) is 8.33. The molecule has 0 bridgehead atoms. The van der Waals surface area contributed by atoms with Crippen LogP contribution < -0.4 is 10.1 Å². The number of hydrogen-bond acceptors (Lipinski definition) is 3. The zero-order valence-electron chi connectivity index (χ0n) is 13.9. The lowest BCUT2D eigenvalue weighted by molar-refractivity contribution is 0.0550. The quantitative estimate of drug-likeness (QED) is 0.854. The summed E-state index contributed by atoms with van der Waals surface area (Å²) >= 11 is 6.25. The SMILES string of the molecule is CN(CC(C)(C)O)C(=O)Nc1ccc(OC2CCCC2)c(Cl)c1. The average molecular weight is 341 g/mol. The number of aliphatic hydroxyl groups is 1. The van der Waals surface area contributed by atoms with Crippen LogP contribution in [0.2, 0.25) is 5.02 Å². The zero-order valence-corrected chi connectivity index (χ0v) is 14.7. The molecule has 2 rings (SSSR count). The highest BCUT2D eigenvalue weighted by atomic mass is 35.5. The van der Waals surface area contributed by atoms with Crippen molar-refractivity contribution < 1.29 is 14.6 Å². The first kappa shape index (κ1) is 17.9. The number of halogens is 1. The number of anilines is 1. The predicted molar refractivity (Wildman–Crippen MR) is 92.3 cm³/mol. The molecule has 1 saturated carbocycles. The number of likely N-dealkylation sites (N-methyl/N-ethyl adjacent to an activating group) is 1. The lowest BCUT2D eigenvalue weighted by Gasteiger charge is -2.25. The Balaban J connectivity index is 1.95. The Kier molecular flexibility index (Phi) is 5.76. The van der Waals surface area contributed by atoms with E-state index >= 15 is 0 Å². The molecule has 1 aliphatic rings. The maximum atomic E-state index is 12.1. The number of hydrogen-bond donors (Lipinski definition) is 2. The topological polar surface area (TPSA) is 61.8 Å². The lowest BCUT2D eigenvalue weighted by atomic mass is 10.1. The smallest absolute Gasteiger partial charge is 0.321 e. The van der Waals surface area contributed by atoms with E-state index in [1.165, 1.54) is 17.7 Å². The molecule has 2 amide bonds. The molecule has 5 nitrogen and oxygen atoms in total. The molecule has 0 aliphatic heterocycles. The summed E-state index contributed by atoms with van der Waals surface area (Å²) in [7, 11) is 1.63. The number of carbonyl (C=O) groups excluding carboxylic acids is 1. The highest BCUT2D eigenvalue weighted by Gasteiger charge is 2.20. The van der Waals surface area contributed by atoms with Gasteiger partial charge < -0.3 is 20.1 Å². The summed E-state index contributed by atoms with van der Waals surface area (Å²) in [6.07, 6.45) is 4.77. The molecular weight excluding hydrogens is 316 g/mol. The van der Waals surface area contributed by atoms with Gasteiger partial charge in [-0.05, 0) is 57.7 Å². The molecular formula is C17H25ClN2O3. The minimum Gasteiger partial charge on any atom is -0.489 e. The van der Waals surface area contributed by atoms with Gasteiger partial charge >= 0.3 is 6.03 Å². The van der Waals surface area contributed by atoms with Crippen molar-refractivity contribution in [3.8, 4) is 5.75 Å². The van der Waals surface area contributed by atoms with Crippen LogP contribution in [0.25, 0.3) is 0 Å². The van der Waals surface area contributed by atoms with Crippen LogP contribution in [0.4, 0.5) is 10.5 Å². The van der Waals surface area contributed by atoms with Gasteiger partial charge in [-0.1, -0.05) is 11.6 Å². The van der Waals surface area contributed by atoms with Gasteiger partial charge in [-0.3, -0.25) is 0 Å². The number of carbonyl (C=O) groups is 1. The van der Waals surface area contributed by atoms with Crippen LogP contribution in [0.3, 0.4) is 0 Å². The second kappa shape index (κ2) is 7.41. The Labute approximate surface area is 142 Å². The van der Waals surface area contributed by atoms with Gasteiger partial charge in [0.15, 0.2) is 0 Å². The van der Waals surface area contributed by atoms with Crippen molar-refractivity contribution in [1.29, 1.82) is 0 Å². The van der Waals surface area contributed by atoms with E-state index in [1.807, 2.05) is 0 Å². The van der Waals surface area contributed by atoms with E-state index in [0.717, 1.165) is 12.8 Å². The van der Waals surface area contributed by atoms with Crippen molar-refractivity contribution in [1.82, 2.24) is 4.90 Å². The van der Waals surface area contributed by atoms with Crippen LogP contribution in [0.15, 0.2) is 18.2 Å². The number of nitrogens with one attached hydrogen (secondary N) is 1. The van der Waals surface area contributed by atoms with Crippen LogP contribution in [-0.2, 0) is 0 Å². The maximum absolute atomic E-state index is 12.1. The molecule has 0 saturated heterocycles. The molecule has 6 heteroatoms. The molecule has 1 fully saturated rings. The summed E-state index contributed by atoms with van der Waals surface area (Å²) in [5.41, 5.74) is -0.343. The molecule has 1 aliphatic carbocycles. The standard InChI is InChI=1S/C17H25ClN2O3/c1-17(2,22)11-20(3)16(21)19-12-8-9-15(14(18)10-12)23-13-6-4-5-7-13/h8-10,13,22H,4-7,11H2,1-3H3,(H,19,21). The molecule has 0 heterocycles. The van der Waals surface area contributed by atoms with E-state index in [4.69, 9.17) is 16.3 Å². The second-order valence-corrected chi connectivity index (χ2v) is 7.18. The molecule has 2 N–H and O–H groups in total. The number of rotatable bonds is 5. The minimum absolute atomic E-state index is 0.232. The van der Waals surface area contributed by atoms with Gasteiger partial charge in [0.1, 0.15) is 5.75 Å². The normalized spacial score (nSPS) is 15.5. The van der Waals surface area contributed by atoms with Crippen molar-refractivity contribution in [3.63, 3.8) is 0 Å². The van der Waals surface area contributed by atoms with Gasteiger partial charge in [0.2, 0.25) is 0 Å². The van der Waals surface area contributed by atoms with Gasteiger partial charge in [-0.2, -0.15) is 0 Å². The fourth-order valence-corrected chi connectivity index (χ4v) is 2.96. The van der Waals surface area contributed by atoms with Gasteiger partial charge in [0.05, 0.1) is 23.3 Å². The molecule has 128 valence electrons. The van der Waals surface area contributed by atoms with E-state index in [1.54, 1.807) is 39.1 Å².